The van der Waals surface area contributed by atoms with Crippen molar-refractivity contribution in [2.45, 2.75) is 13.5 Å². The quantitative estimate of drug-likeness (QED) is 0.266. The van der Waals surface area contributed by atoms with Crippen LogP contribution in [-0.4, -0.2) is 73.0 Å². The van der Waals surface area contributed by atoms with Crippen LogP contribution in [-0.2, 0) is 16.7 Å². The molecule has 0 aliphatic rings. The van der Waals surface area contributed by atoms with Crippen LogP contribution in [0.2, 0.25) is 0 Å². The molecule has 0 saturated carbocycles. The molecule has 15 heteroatoms. The zero-order valence-corrected chi connectivity index (χ0v) is 14.4. The number of carboxylic acids is 1. The third-order valence-corrected chi connectivity index (χ3v) is 3.49. The highest BCUT2D eigenvalue weighted by atomic mass is 32.2. The molecule has 0 fully saturated rings. The van der Waals surface area contributed by atoms with Gasteiger partial charge in [-0.05, 0) is 6.54 Å². The Morgan fingerprint density at radius 1 is 1.15 bits per heavy atom. The van der Waals surface area contributed by atoms with E-state index in [1.807, 2.05) is 6.92 Å². The summed E-state index contributed by atoms with van der Waals surface area (Å²) in [7, 11) is -4.12. The van der Waals surface area contributed by atoms with Crippen LogP contribution in [0.1, 0.15) is 23.4 Å². The monoisotopic (exact) mass is 387 g/mol. The van der Waals surface area contributed by atoms with Gasteiger partial charge in [0.2, 0.25) is 23.7 Å². The van der Waals surface area contributed by atoms with E-state index in [4.69, 9.17) is 9.66 Å². The van der Waals surface area contributed by atoms with Crippen molar-refractivity contribution in [3.05, 3.63) is 11.6 Å². The van der Waals surface area contributed by atoms with E-state index in [2.05, 4.69) is 46.1 Å². The summed E-state index contributed by atoms with van der Waals surface area (Å²) in [4.78, 5) is 26.8. The van der Waals surface area contributed by atoms with Crippen molar-refractivity contribution in [1.82, 2.24) is 35.5 Å². The zero-order valence-electron chi connectivity index (χ0n) is 13.6. The molecular formula is C11H17N9O5S. The van der Waals surface area contributed by atoms with Crippen LogP contribution < -0.4 is 16.0 Å². The molecule has 0 saturated heterocycles. The van der Waals surface area contributed by atoms with E-state index in [-0.39, 0.29) is 30.2 Å². The second-order valence-corrected chi connectivity index (χ2v) is 6.40. The fourth-order valence-corrected chi connectivity index (χ4v) is 2.04. The van der Waals surface area contributed by atoms with Crippen LogP contribution in [0.3, 0.4) is 0 Å². The van der Waals surface area contributed by atoms with Crippen molar-refractivity contribution in [3.8, 4) is 0 Å². The van der Waals surface area contributed by atoms with Crippen LogP contribution in [0, 0.1) is 0 Å². The number of anilines is 3. The highest BCUT2D eigenvalue weighted by Gasteiger charge is 2.13. The van der Waals surface area contributed by atoms with E-state index >= 15 is 0 Å². The van der Waals surface area contributed by atoms with Crippen molar-refractivity contribution in [2.75, 3.05) is 29.5 Å². The predicted octanol–water partition coefficient (Wildman–Crippen LogP) is -1.16. The van der Waals surface area contributed by atoms with Crippen LogP contribution in [0.4, 0.5) is 17.8 Å². The van der Waals surface area contributed by atoms with Gasteiger partial charge < -0.3 is 15.7 Å². The summed E-state index contributed by atoms with van der Waals surface area (Å²) in [6.45, 7) is 2.76. The van der Waals surface area contributed by atoms with E-state index in [1.54, 1.807) is 0 Å². The zero-order chi connectivity index (χ0) is 19.2. The Balaban J connectivity index is 2.16. The molecule has 2 aromatic heterocycles. The second-order valence-electron chi connectivity index (χ2n) is 4.83. The Morgan fingerprint density at radius 3 is 2.50 bits per heavy atom. The summed E-state index contributed by atoms with van der Waals surface area (Å²) in [5.41, 5.74) is 0. The first-order valence-electron chi connectivity index (χ1n) is 7.34. The first-order chi connectivity index (χ1) is 12.3. The van der Waals surface area contributed by atoms with Gasteiger partial charge in [0, 0.05) is 6.54 Å². The maximum Gasteiger partial charge on any atom is 0.373 e. The molecule has 26 heavy (non-hydrogen) atoms. The van der Waals surface area contributed by atoms with Gasteiger partial charge in [-0.1, -0.05) is 6.92 Å². The topological polar surface area (TPSA) is 208 Å². The molecule has 2 heterocycles. The Morgan fingerprint density at radius 2 is 1.88 bits per heavy atom. The van der Waals surface area contributed by atoms with Gasteiger partial charge in [-0.3, -0.25) is 15.0 Å². The molecule has 2 aromatic rings. The number of aromatic amines is 1. The molecule has 0 unspecified atom stereocenters. The summed E-state index contributed by atoms with van der Waals surface area (Å²) < 4.78 is 30.3. The minimum Gasteiger partial charge on any atom is -0.475 e. The number of aromatic carboxylic acids is 1. The Bertz CT molecular complexity index is 869. The molecule has 0 amide bonds. The van der Waals surface area contributed by atoms with Gasteiger partial charge >= 0.3 is 5.97 Å². The molecule has 0 bridgehead atoms. The van der Waals surface area contributed by atoms with Gasteiger partial charge in [0.1, 0.15) is 5.82 Å². The molecule has 142 valence electrons. The molecule has 0 radical (unpaired) electrons. The number of aromatic nitrogens is 6. The highest BCUT2D eigenvalue weighted by Crippen LogP contribution is 2.10. The fourth-order valence-electron chi connectivity index (χ4n) is 1.68. The molecule has 14 nitrogen and oxygen atoms in total. The van der Waals surface area contributed by atoms with E-state index in [9.17, 15) is 13.2 Å². The highest BCUT2D eigenvalue weighted by molar-refractivity contribution is 7.85. The lowest BCUT2D eigenvalue weighted by atomic mass is 10.5. The lowest BCUT2D eigenvalue weighted by molar-refractivity contribution is 0.0684. The minimum atomic E-state index is -4.12. The smallest absolute Gasteiger partial charge is 0.373 e. The van der Waals surface area contributed by atoms with Crippen molar-refractivity contribution in [2.24, 2.45) is 0 Å². The van der Waals surface area contributed by atoms with Crippen molar-refractivity contribution >= 4 is 33.9 Å². The normalized spacial score (nSPS) is 11.3. The van der Waals surface area contributed by atoms with Crippen LogP contribution in [0.5, 0.6) is 0 Å². The number of carbonyl (C=O) groups is 1. The third kappa shape index (κ3) is 6.19. The lowest BCUT2D eigenvalue weighted by Gasteiger charge is -2.08. The number of hydrogen-bond donors (Lipinski definition) is 6. The largest absolute Gasteiger partial charge is 0.475 e. The summed E-state index contributed by atoms with van der Waals surface area (Å²) >= 11 is 0. The molecule has 2 rings (SSSR count). The average Bonchev–Trinajstić information content (AvgIpc) is 3.00. The first-order valence-corrected chi connectivity index (χ1v) is 8.95. The predicted molar refractivity (Wildman–Crippen MR) is 88.7 cm³/mol. The number of carboxylic acid groups (broad SMARTS) is 1. The summed E-state index contributed by atoms with van der Waals surface area (Å²) in [5.74, 6) is -1.79. The maximum absolute atomic E-state index is 10.8. The Labute approximate surface area is 147 Å². The molecule has 0 atom stereocenters. The molecule has 0 aliphatic carbocycles. The Hall–Kier alpha value is -2.91. The number of nitrogens with one attached hydrogen (secondary N) is 4. The summed E-state index contributed by atoms with van der Waals surface area (Å²) in [5, 5.41) is 23.0. The third-order valence-electron chi connectivity index (χ3n) is 2.77. The van der Waals surface area contributed by atoms with Gasteiger partial charge in [0.05, 0.1) is 12.3 Å². The van der Waals surface area contributed by atoms with Gasteiger partial charge in [-0.15, -0.1) is 5.10 Å². The first kappa shape index (κ1) is 19.4. The van der Waals surface area contributed by atoms with Crippen LogP contribution in [0.25, 0.3) is 0 Å². The van der Waals surface area contributed by atoms with Gasteiger partial charge in [-0.2, -0.15) is 28.4 Å². The van der Waals surface area contributed by atoms with Crippen molar-refractivity contribution in [1.29, 1.82) is 0 Å². The van der Waals surface area contributed by atoms with E-state index in [0.717, 1.165) is 0 Å². The minimum absolute atomic E-state index is 0.0261. The molecule has 0 spiro atoms. The van der Waals surface area contributed by atoms with E-state index in [1.165, 1.54) is 0 Å². The number of H-pyrrole nitrogens is 1. The lowest BCUT2D eigenvalue weighted by Crippen LogP contribution is -2.19. The van der Waals surface area contributed by atoms with Crippen LogP contribution >= 0.6 is 0 Å². The Kier molecular flexibility index (Phi) is 6.31. The molecule has 6 N–H and O–H groups in total. The molecular weight excluding hydrogens is 370 g/mol. The van der Waals surface area contributed by atoms with Gasteiger partial charge in [-0.25, -0.2) is 4.79 Å². The maximum atomic E-state index is 10.8. The number of nitrogens with zero attached hydrogens (tertiary/aromatic N) is 5. The SMILES string of the molecule is CCNCc1nc(NCCS(=O)(=O)O)nc(Nc2n[nH]c(C(=O)O)n2)n1. The molecule has 0 aromatic carbocycles. The second kappa shape index (κ2) is 8.45. The summed E-state index contributed by atoms with van der Waals surface area (Å²) in [6.07, 6.45) is 0. The van der Waals surface area contributed by atoms with Crippen LogP contribution in [0.15, 0.2) is 0 Å². The number of hydrogen-bond acceptors (Lipinski definition) is 11. The molecule has 0 aliphatic heterocycles. The fraction of sp³-hybridized carbons (Fsp3) is 0.455. The van der Waals surface area contributed by atoms with Gasteiger partial charge in [0.15, 0.2) is 0 Å². The van der Waals surface area contributed by atoms with Crippen molar-refractivity contribution in [3.63, 3.8) is 0 Å². The average molecular weight is 387 g/mol. The number of rotatable bonds is 10. The van der Waals surface area contributed by atoms with E-state index in [0.29, 0.717) is 18.9 Å². The van der Waals surface area contributed by atoms with E-state index < -0.39 is 21.8 Å². The van der Waals surface area contributed by atoms with Gasteiger partial charge in [0.25, 0.3) is 10.1 Å². The van der Waals surface area contributed by atoms with Crippen molar-refractivity contribution < 1.29 is 22.9 Å². The summed E-state index contributed by atoms with van der Waals surface area (Å²) in [6, 6.07) is 0. The standard InChI is InChI=1S/C11H17N9O5S/c1-2-12-5-6-14-9(13-3-4-26(23,24)25)17-10(15-6)18-11-16-7(8(21)22)19-20-11/h12H,2-5H2,1H3,(H,21,22)(H,23,24,25)(H3,13,14,15,16,17,18,19,20).